The molecule has 0 aliphatic rings. The topological polar surface area (TPSA) is 50.9 Å². The Bertz CT molecular complexity index is 2980. The van der Waals surface area contributed by atoms with Gasteiger partial charge in [-0.3, -0.25) is 9.55 Å². The summed E-state index contributed by atoms with van der Waals surface area (Å²) < 4.78 is 2.23. The molecule has 4 heteroatoms. The van der Waals surface area contributed by atoms with Crippen molar-refractivity contribution in [2.45, 2.75) is 52.4 Å². The highest BCUT2D eigenvalue weighted by atomic mass is 16.3. The highest BCUT2D eigenvalue weighted by molar-refractivity contribution is 5.97. The average Bonchev–Trinajstić information content (AvgIpc) is 3.66. The molecule has 4 nitrogen and oxygen atoms in total. The van der Waals surface area contributed by atoms with E-state index in [9.17, 15) is 5.11 Å². The molecule has 0 spiro atoms. The average molecular weight is 780 g/mol. The minimum Gasteiger partial charge on any atom is -0.507 e. The second-order valence-electron chi connectivity index (χ2n) is 17.7. The molecular weight excluding hydrogens is 731 g/mol. The number of nitrogens with zero attached hydrogens (tertiary/aromatic N) is 3. The molecule has 1 N–H and O–H groups in total. The van der Waals surface area contributed by atoms with E-state index in [0.717, 1.165) is 61.4 Å². The lowest BCUT2D eigenvalue weighted by atomic mass is 9.83. The van der Waals surface area contributed by atoms with Gasteiger partial charge in [0, 0.05) is 22.9 Å². The predicted octanol–water partition coefficient (Wildman–Crippen LogP) is 14.7. The van der Waals surface area contributed by atoms with E-state index in [0.29, 0.717) is 11.4 Å². The zero-order chi connectivity index (χ0) is 41.6. The highest BCUT2D eigenvalue weighted by Crippen LogP contribution is 2.42. The third kappa shape index (κ3) is 7.42. The number of aromatic hydroxyl groups is 1. The van der Waals surface area contributed by atoms with Crippen molar-refractivity contribution in [2.24, 2.45) is 0 Å². The van der Waals surface area contributed by atoms with Crippen LogP contribution in [-0.2, 0) is 10.8 Å². The molecule has 2 heterocycles. The van der Waals surface area contributed by atoms with E-state index in [1.165, 1.54) is 22.3 Å². The van der Waals surface area contributed by atoms with Crippen molar-refractivity contribution >= 4 is 11.0 Å². The third-order valence-electron chi connectivity index (χ3n) is 11.5. The molecule has 0 fully saturated rings. The lowest BCUT2D eigenvalue weighted by molar-refractivity contribution is 0.477. The van der Waals surface area contributed by atoms with Crippen LogP contribution in [0.5, 0.6) is 5.75 Å². The Balaban J connectivity index is 1.23. The van der Waals surface area contributed by atoms with Gasteiger partial charge in [-0.2, -0.15) is 0 Å². The van der Waals surface area contributed by atoms with E-state index in [4.69, 9.17) is 9.97 Å². The van der Waals surface area contributed by atoms with Crippen molar-refractivity contribution in [1.29, 1.82) is 0 Å². The lowest BCUT2D eigenvalue weighted by Gasteiger charge is -2.23. The van der Waals surface area contributed by atoms with Crippen molar-refractivity contribution in [3.63, 3.8) is 0 Å². The fourth-order valence-electron chi connectivity index (χ4n) is 8.08. The normalized spacial score (nSPS) is 11.9. The van der Waals surface area contributed by atoms with Crippen LogP contribution < -0.4 is 0 Å². The number of phenolic OH excluding ortho intramolecular Hbond substituents is 1. The van der Waals surface area contributed by atoms with Crippen molar-refractivity contribution in [3.05, 3.63) is 193 Å². The summed E-state index contributed by atoms with van der Waals surface area (Å²) in [6, 6.07) is 61.6. The molecule has 0 saturated carbocycles. The molecular formula is C56H49N3O. The SMILES string of the molecule is CC(C)(C)c1cc(-c2cc(-c3ccc(-c4ccccc4)cc3)ccn2)cc(-c2cccc3c2nc(-c2ccccc2O)n3-c2ccc(C(C)(C)C)cc2-c2ccccc2)c1. The van der Waals surface area contributed by atoms with Crippen LogP contribution in [0.15, 0.2) is 182 Å². The van der Waals surface area contributed by atoms with Gasteiger partial charge in [0.25, 0.3) is 0 Å². The van der Waals surface area contributed by atoms with Crippen LogP contribution in [0, 0.1) is 0 Å². The van der Waals surface area contributed by atoms with Crippen molar-refractivity contribution in [3.8, 4) is 78.6 Å². The Morgan fingerprint density at radius 1 is 0.433 bits per heavy atom. The molecule has 0 amide bonds. The van der Waals surface area contributed by atoms with Crippen molar-refractivity contribution in [2.75, 3.05) is 0 Å². The van der Waals surface area contributed by atoms with E-state index >= 15 is 0 Å². The Morgan fingerprint density at radius 3 is 1.72 bits per heavy atom. The van der Waals surface area contributed by atoms with Gasteiger partial charge in [-0.25, -0.2) is 4.98 Å². The minimum absolute atomic E-state index is 0.0517. The van der Waals surface area contributed by atoms with Gasteiger partial charge in [-0.1, -0.05) is 163 Å². The molecule has 9 rings (SSSR count). The van der Waals surface area contributed by atoms with Gasteiger partial charge < -0.3 is 5.11 Å². The van der Waals surface area contributed by atoms with Crippen LogP contribution >= 0.6 is 0 Å². The molecule has 0 saturated heterocycles. The number of aromatic nitrogens is 3. The van der Waals surface area contributed by atoms with Gasteiger partial charge in [-0.15, -0.1) is 0 Å². The summed E-state index contributed by atoms with van der Waals surface area (Å²) in [7, 11) is 0. The van der Waals surface area contributed by atoms with Crippen LogP contribution in [-0.4, -0.2) is 19.6 Å². The quantitative estimate of drug-likeness (QED) is 0.175. The lowest BCUT2D eigenvalue weighted by Crippen LogP contribution is -2.12. The number of fused-ring (bicyclic) bond motifs is 1. The molecule has 0 atom stereocenters. The number of phenols is 1. The first-order valence-corrected chi connectivity index (χ1v) is 20.7. The van der Waals surface area contributed by atoms with Crippen LogP contribution in [0.4, 0.5) is 0 Å². The monoisotopic (exact) mass is 779 g/mol. The molecule has 60 heavy (non-hydrogen) atoms. The zero-order valence-corrected chi connectivity index (χ0v) is 35.1. The molecule has 2 aromatic heterocycles. The Morgan fingerprint density at radius 2 is 1.03 bits per heavy atom. The summed E-state index contributed by atoms with van der Waals surface area (Å²) >= 11 is 0. The molecule has 0 aliphatic carbocycles. The first-order valence-electron chi connectivity index (χ1n) is 20.7. The molecule has 0 bridgehead atoms. The molecule has 9 aromatic rings. The Kier molecular flexibility index (Phi) is 9.80. The first kappa shape index (κ1) is 38.5. The molecule has 0 unspecified atom stereocenters. The molecule has 0 aliphatic heterocycles. The minimum atomic E-state index is -0.136. The molecule has 0 radical (unpaired) electrons. The second-order valence-corrected chi connectivity index (χ2v) is 17.7. The largest absolute Gasteiger partial charge is 0.507 e. The zero-order valence-electron chi connectivity index (χ0n) is 35.1. The standard InChI is InChI=1S/C56H49N3O/c1-55(2,3)44-28-29-50(48(36-44)40-18-11-8-12-19-40)59-51-22-15-21-46(53(51)58-54(59)47-20-13-14-23-52(47)60)42-32-43(34-45(33-42)56(4,5)6)49-35-41(30-31-57-49)39-26-24-38(25-27-39)37-16-9-7-10-17-37/h7-36,60H,1-6H3. The summed E-state index contributed by atoms with van der Waals surface area (Å²) in [6.07, 6.45) is 1.91. The van der Waals surface area contributed by atoms with Crippen LogP contribution in [0.1, 0.15) is 52.7 Å². The maximum Gasteiger partial charge on any atom is 0.149 e. The van der Waals surface area contributed by atoms with Crippen LogP contribution in [0.3, 0.4) is 0 Å². The number of imidazole rings is 1. The number of hydrogen-bond donors (Lipinski definition) is 1. The van der Waals surface area contributed by atoms with Crippen LogP contribution in [0.25, 0.3) is 83.9 Å². The smallest absolute Gasteiger partial charge is 0.149 e. The van der Waals surface area contributed by atoms with Gasteiger partial charge in [-0.05, 0) is 110 Å². The van der Waals surface area contributed by atoms with E-state index in [-0.39, 0.29) is 16.6 Å². The highest BCUT2D eigenvalue weighted by Gasteiger charge is 2.25. The fourth-order valence-corrected chi connectivity index (χ4v) is 8.08. The summed E-state index contributed by atoms with van der Waals surface area (Å²) in [5.74, 6) is 0.858. The van der Waals surface area contributed by atoms with Gasteiger partial charge in [0.05, 0.1) is 28.0 Å². The summed E-state index contributed by atoms with van der Waals surface area (Å²) in [5, 5.41) is 11.4. The van der Waals surface area contributed by atoms with E-state index in [1.54, 1.807) is 6.07 Å². The Hall–Kier alpha value is -7.04. The van der Waals surface area contributed by atoms with E-state index in [1.807, 2.05) is 30.5 Å². The van der Waals surface area contributed by atoms with Gasteiger partial charge in [0.15, 0.2) is 0 Å². The van der Waals surface area contributed by atoms with Crippen LogP contribution in [0.2, 0.25) is 0 Å². The third-order valence-corrected chi connectivity index (χ3v) is 11.5. The maximum atomic E-state index is 11.4. The second kappa shape index (κ2) is 15.3. The summed E-state index contributed by atoms with van der Waals surface area (Å²) in [5.41, 5.74) is 16.6. The van der Waals surface area contributed by atoms with Gasteiger partial charge in [0.1, 0.15) is 11.6 Å². The van der Waals surface area contributed by atoms with Crippen molar-refractivity contribution in [1.82, 2.24) is 14.5 Å². The van der Waals surface area contributed by atoms with E-state index in [2.05, 4.69) is 192 Å². The maximum absolute atomic E-state index is 11.4. The van der Waals surface area contributed by atoms with Crippen molar-refractivity contribution < 1.29 is 5.11 Å². The molecule has 294 valence electrons. The number of hydrogen-bond acceptors (Lipinski definition) is 3. The van der Waals surface area contributed by atoms with Gasteiger partial charge >= 0.3 is 0 Å². The number of pyridine rings is 1. The number of rotatable bonds is 7. The first-order chi connectivity index (χ1) is 28.9. The summed E-state index contributed by atoms with van der Waals surface area (Å²) in [4.78, 5) is 10.4. The van der Waals surface area contributed by atoms with E-state index < -0.39 is 0 Å². The fraction of sp³-hybridized carbons (Fsp3) is 0.143. The Labute approximate surface area is 353 Å². The molecule has 7 aromatic carbocycles. The summed E-state index contributed by atoms with van der Waals surface area (Å²) in [6.45, 7) is 13.5. The number of benzene rings is 7. The predicted molar refractivity (Wildman–Crippen MR) is 251 cm³/mol. The van der Waals surface area contributed by atoms with Gasteiger partial charge in [0.2, 0.25) is 0 Å². The number of para-hydroxylation sites is 2.